The third-order valence-corrected chi connectivity index (χ3v) is 13.5. The molecule has 1 aliphatic rings. The summed E-state index contributed by atoms with van der Waals surface area (Å²) in [7, 11) is 0. The Morgan fingerprint density at radius 2 is 0.886 bits per heavy atom. The van der Waals surface area contributed by atoms with E-state index < -0.39 is 49.5 Å². The number of unbranched alkanes of at least 4 members (excludes halogenated alkanes) is 29. The summed E-state index contributed by atoms with van der Waals surface area (Å²) in [6.07, 6.45) is 62.5. The Morgan fingerprint density at radius 1 is 0.500 bits per heavy atom. The third-order valence-electron chi connectivity index (χ3n) is 13.5. The maximum absolute atomic E-state index is 13.0. The third kappa shape index (κ3) is 39.2. The molecule has 9 nitrogen and oxygen atoms in total. The summed E-state index contributed by atoms with van der Waals surface area (Å²) in [5, 5.41) is 54.5. The molecule has 9 heteroatoms. The van der Waals surface area contributed by atoms with E-state index in [1.165, 1.54) is 141 Å². The Hall–Kier alpha value is -2.37. The second kappa shape index (κ2) is 50.2. The van der Waals surface area contributed by atoms with Crippen molar-refractivity contribution in [3.8, 4) is 0 Å². The number of aliphatic hydroxyl groups excluding tert-OH is 5. The molecule has 0 aromatic heterocycles. The molecule has 0 radical (unpaired) electrons. The van der Waals surface area contributed by atoms with Gasteiger partial charge in [-0.3, -0.25) is 4.79 Å². The normalized spacial score (nSPS) is 19.9. The first-order chi connectivity index (χ1) is 34.3. The predicted molar refractivity (Wildman–Crippen MR) is 295 cm³/mol. The van der Waals surface area contributed by atoms with Crippen molar-refractivity contribution >= 4 is 5.91 Å². The average Bonchev–Trinajstić information content (AvgIpc) is 3.36. The van der Waals surface area contributed by atoms with Crippen LogP contribution in [0.2, 0.25) is 0 Å². The highest BCUT2D eigenvalue weighted by Gasteiger charge is 2.44. The van der Waals surface area contributed by atoms with E-state index in [-0.39, 0.29) is 12.5 Å². The van der Waals surface area contributed by atoms with Gasteiger partial charge >= 0.3 is 0 Å². The van der Waals surface area contributed by atoms with Gasteiger partial charge in [0.15, 0.2) is 6.29 Å². The zero-order chi connectivity index (χ0) is 50.8. The largest absolute Gasteiger partial charge is 0.394 e. The summed E-state index contributed by atoms with van der Waals surface area (Å²) in [6.45, 7) is 3.67. The van der Waals surface area contributed by atoms with Crippen LogP contribution in [0.4, 0.5) is 0 Å². The smallest absolute Gasteiger partial charge is 0.220 e. The Bertz CT molecular complexity index is 1330. The number of aliphatic hydroxyl groups is 5. The molecule has 6 N–H and O–H groups in total. The van der Waals surface area contributed by atoms with Gasteiger partial charge < -0.3 is 40.3 Å². The van der Waals surface area contributed by atoms with Gasteiger partial charge in [-0.25, -0.2) is 0 Å². The molecule has 0 aromatic carbocycles. The summed E-state index contributed by atoms with van der Waals surface area (Å²) >= 11 is 0. The molecular formula is C61H109NO8. The van der Waals surface area contributed by atoms with Crippen molar-refractivity contribution in [2.75, 3.05) is 13.2 Å². The van der Waals surface area contributed by atoms with Crippen LogP contribution in [0.15, 0.2) is 72.9 Å². The standard InChI is InChI=1S/C61H109NO8/c1-3-5-7-9-11-13-15-17-19-21-23-25-26-27-28-29-31-32-34-36-38-40-42-44-46-48-50-55(64)54(53-69-61-60(68)59(67)58(66)56(52-63)70-61)62-57(65)51-49-47-45-43-41-39-37-35-33-30-24-22-20-18-16-14-12-10-8-6-4-2/h6,8,12,14,18,20,24,30,35,37,48,50,54-56,58-61,63-64,66-68H,3-5,7,9-11,13,15-17,19,21-23,25-29,31-34,36,38-47,49,51-53H2,1-2H3,(H,62,65)/b8-6-,14-12-,20-18-,30-24-,37-35-,50-48+. The van der Waals surface area contributed by atoms with Crippen LogP contribution in [0.1, 0.15) is 251 Å². The summed E-state index contributed by atoms with van der Waals surface area (Å²) in [6, 6.07) is -0.821. The van der Waals surface area contributed by atoms with Gasteiger partial charge in [-0.15, -0.1) is 0 Å². The molecule has 7 unspecified atom stereocenters. The van der Waals surface area contributed by atoms with Gasteiger partial charge in [0.2, 0.25) is 5.91 Å². The highest BCUT2D eigenvalue weighted by molar-refractivity contribution is 5.76. The van der Waals surface area contributed by atoms with E-state index in [1.807, 2.05) is 6.08 Å². The van der Waals surface area contributed by atoms with E-state index in [0.717, 1.165) is 89.9 Å². The summed E-state index contributed by atoms with van der Waals surface area (Å²) in [5.41, 5.74) is 0. The van der Waals surface area contributed by atoms with Crippen LogP contribution in [-0.4, -0.2) is 87.5 Å². The Morgan fingerprint density at radius 3 is 1.31 bits per heavy atom. The lowest BCUT2D eigenvalue weighted by molar-refractivity contribution is -0.302. The molecule has 0 aromatic rings. The Balaban J connectivity index is 2.25. The Labute approximate surface area is 429 Å². The number of hydrogen-bond acceptors (Lipinski definition) is 8. The van der Waals surface area contributed by atoms with Crippen molar-refractivity contribution in [2.45, 2.75) is 294 Å². The maximum atomic E-state index is 13.0. The molecule has 0 spiro atoms. The van der Waals surface area contributed by atoms with Crippen molar-refractivity contribution in [2.24, 2.45) is 0 Å². The first-order valence-electron chi connectivity index (χ1n) is 29.2. The second-order valence-electron chi connectivity index (χ2n) is 20.1. The fraction of sp³-hybridized carbons (Fsp3) is 0.787. The molecule has 7 atom stereocenters. The number of amides is 1. The van der Waals surface area contributed by atoms with Crippen molar-refractivity contribution < 1.29 is 39.8 Å². The minimum atomic E-state index is -1.57. The van der Waals surface area contributed by atoms with E-state index in [2.05, 4.69) is 79.9 Å². The fourth-order valence-corrected chi connectivity index (χ4v) is 8.95. The molecule has 0 saturated carbocycles. The number of hydrogen-bond donors (Lipinski definition) is 6. The molecular weight excluding hydrogens is 875 g/mol. The monoisotopic (exact) mass is 984 g/mol. The highest BCUT2D eigenvalue weighted by atomic mass is 16.7. The molecule has 1 rings (SSSR count). The van der Waals surface area contributed by atoms with E-state index in [9.17, 15) is 30.3 Å². The van der Waals surface area contributed by atoms with Gasteiger partial charge in [0.25, 0.3) is 0 Å². The van der Waals surface area contributed by atoms with Crippen LogP contribution in [0, 0.1) is 0 Å². The summed E-state index contributed by atoms with van der Waals surface area (Å²) < 4.78 is 11.3. The van der Waals surface area contributed by atoms with Gasteiger partial charge in [-0.2, -0.15) is 0 Å². The number of carbonyl (C=O) groups is 1. The molecule has 1 heterocycles. The van der Waals surface area contributed by atoms with Gasteiger partial charge in [0, 0.05) is 6.42 Å². The maximum Gasteiger partial charge on any atom is 0.220 e. The van der Waals surface area contributed by atoms with Crippen molar-refractivity contribution in [3.63, 3.8) is 0 Å². The number of nitrogens with one attached hydrogen (secondary N) is 1. The average molecular weight is 985 g/mol. The highest BCUT2D eigenvalue weighted by Crippen LogP contribution is 2.23. The molecule has 1 fully saturated rings. The molecule has 0 bridgehead atoms. The quantitative estimate of drug-likeness (QED) is 0.0261. The van der Waals surface area contributed by atoms with Crippen molar-refractivity contribution in [3.05, 3.63) is 72.9 Å². The predicted octanol–water partition coefficient (Wildman–Crippen LogP) is 14.5. The molecule has 70 heavy (non-hydrogen) atoms. The van der Waals surface area contributed by atoms with Gasteiger partial charge in [0.1, 0.15) is 24.4 Å². The zero-order valence-electron chi connectivity index (χ0n) is 45.0. The van der Waals surface area contributed by atoms with Crippen LogP contribution < -0.4 is 5.32 Å². The van der Waals surface area contributed by atoms with Crippen LogP contribution in [-0.2, 0) is 14.3 Å². The van der Waals surface area contributed by atoms with Gasteiger partial charge in [-0.05, 0) is 64.2 Å². The Kier molecular flexibility index (Phi) is 47.1. The van der Waals surface area contributed by atoms with Crippen LogP contribution in [0.3, 0.4) is 0 Å². The van der Waals surface area contributed by atoms with Crippen LogP contribution in [0.25, 0.3) is 0 Å². The number of carbonyl (C=O) groups excluding carboxylic acids is 1. The first kappa shape index (κ1) is 65.6. The topological polar surface area (TPSA) is 149 Å². The lowest BCUT2D eigenvalue weighted by Crippen LogP contribution is -2.60. The molecule has 1 saturated heterocycles. The molecule has 1 amide bonds. The van der Waals surface area contributed by atoms with Crippen molar-refractivity contribution in [1.29, 1.82) is 0 Å². The van der Waals surface area contributed by atoms with Gasteiger partial charge in [0.05, 0.1) is 25.4 Å². The number of rotatable bonds is 49. The lowest BCUT2D eigenvalue weighted by Gasteiger charge is -2.40. The SMILES string of the molecule is CC/C=C\C/C=C\C/C=C\C/C=C\C/C=C\CCCCCCCC(=O)NC(COC1OC(CO)C(O)C(O)C1O)C(O)/C=C/CCCCCCCCCCCCCCCCCCCCCCCCCC. The second-order valence-corrected chi connectivity index (χ2v) is 20.1. The van der Waals surface area contributed by atoms with E-state index in [1.54, 1.807) is 6.08 Å². The minimum absolute atomic E-state index is 0.196. The summed E-state index contributed by atoms with van der Waals surface area (Å²) in [4.78, 5) is 13.0. The van der Waals surface area contributed by atoms with Crippen LogP contribution >= 0.6 is 0 Å². The van der Waals surface area contributed by atoms with Crippen LogP contribution in [0.5, 0.6) is 0 Å². The lowest BCUT2D eigenvalue weighted by atomic mass is 9.99. The molecule has 0 aliphatic carbocycles. The van der Waals surface area contributed by atoms with E-state index in [4.69, 9.17) is 9.47 Å². The fourth-order valence-electron chi connectivity index (χ4n) is 8.95. The molecule has 406 valence electrons. The summed E-state index contributed by atoms with van der Waals surface area (Å²) in [5.74, 6) is -0.196. The number of ether oxygens (including phenoxy) is 2. The van der Waals surface area contributed by atoms with Crippen molar-refractivity contribution in [1.82, 2.24) is 5.32 Å². The van der Waals surface area contributed by atoms with Gasteiger partial charge in [-0.1, -0.05) is 254 Å². The molecule has 1 aliphatic heterocycles. The van der Waals surface area contributed by atoms with E-state index >= 15 is 0 Å². The first-order valence-corrected chi connectivity index (χ1v) is 29.2. The number of allylic oxidation sites excluding steroid dienone is 11. The minimum Gasteiger partial charge on any atom is -0.394 e. The zero-order valence-corrected chi connectivity index (χ0v) is 45.0. The van der Waals surface area contributed by atoms with E-state index in [0.29, 0.717) is 6.42 Å².